The van der Waals surface area contributed by atoms with Crippen molar-refractivity contribution < 1.29 is 9.21 Å². The Morgan fingerprint density at radius 3 is 2.75 bits per heavy atom. The zero-order valence-electron chi connectivity index (χ0n) is 12.2. The van der Waals surface area contributed by atoms with Gasteiger partial charge in [0, 0.05) is 18.0 Å². The van der Waals surface area contributed by atoms with Crippen molar-refractivity contribution in [2.45, 2.75) is 70.4 Å². The molecule has 2 aliphatic carbocycles. The number of nitrogens with one attached hydrogen (secondary N) is 2. The average Bonchev–Trinajstić information content (AvgIpc) is 2.83. The van der Waals surface area contributed by atoms with Crippen LogP contribution < -0.4 is 10.6 Å². The van der Waals surface area contributed by atoms with Gasteiger partial charge in [0.1, 0.15) is 5.76 Å². The standard InChI is InChI=1S/C16H24N2O2/c1-11-10-20-14-9-5-8-13(15(11)14)18-16(19)17-12-6-3-2-4-7-12/h10,12-13H,2-9H2,1H3,(H2,17,18,19). The molecule has 0 saturated heterocycles. The molecule has 1 saturated carbocycles. The molecule has 3 rings (SSSR count). The number of amides is 2. The van der Waals surface area contributed by atoms with Crippen LogP contribution in [-0.2, 0) is 6.42 Å². The first-order valence-electron chi connectivity index (χ1n) is 7.88. The molecule has 110 valence electrons. The highest BCUT2D eigenvalue weighted by Gasteiger charge is 2.27. The highest BCUT2D eigenvalue weighted by molar-refractivity contribution is 5.75. The maximum atomic E-state index is 12.2. The third-order valence-electron chi connectivity index (χ3n) is 4.59. The molecule has 2 aliphatic rings. The van der Waals surface area contributed by atoms with Crippen molar-refractivity contribution >= 4 is 6.03 Å². The van der Waals surface area contributed by atoms with E-state index in [4.69, 9.17) is 4.42 Å². The first kappa shape index (κ1) is 13.5. The molecule has 0 radical (unpaired) electrons. The van der Waals surface area contributed by atoms with Crippen molar-refractivity contribution in [3.05, 3.63) is 23.2 Å². The van der Waals surface area contributed by atoms with Crippen molar-refractivity contribution in [2.75, 3.05) is 0 Å². The van der Waals surface area contributed by atoms with Crippen LogP contribution in [0, 0.1) is 6.92 Å². The second-order valence-electron chi connectivity index (χ2n) is 6.15. The maximum absolute atomic E-state index is 12.2. The van der Waals surface area contributed by atoms with Gasteiger partial charge in [-0.3, -0.25) is 0 Å². The van der Waals surface area contributed by atoms with Crippen LogP contribution in [0.1, 0.15) is 67.9 Å². The summed E-state index contributed by atoms with van der Waals surface area (Å²) in [7, 11) is 0. The molecule has 0 aromatic carbocycles. The number of hydrogen-bond donors (Lipinski definition) is 2. The molecular weight excluding hydrogens is 252 g/mol. The number of urea groups is 1. The van der Waals surface area contributed by atoms with Gasteiger partial charge in [0.25, 0.3) is 0 Å². The summed E-state index contributed by atoms with van der Waals surface area (Å²) in [5, 5.41) is 6.27. The molecule has 1 heterocycles. The number of carbonyl (C=O) groups is 1. The minimum atomic E-state index is -0.0182. The molecule has 4 nitrogen and oxygen atoms in total. The van der Waals surface area contributed by atoms with Gasteiger partial charge in [0.2, 0.25) is 0 Å². The van der Waals surface area contributed by atoms with Crippen molar-refractivity contribution in [1.29, 1.82) is 0 Å². The lowest BCUT2D eigenvalue weighted by atomic mass is 9.91. The second-order valence-corrected chi connectivity index (χ2v) is 6.15. The minimum absolute atomic E-state index is 0.0182. The Balaban J connectivity index is 1.60. The van der Waals surface area contributed by atoms with Gasteiger partial charge in [-0.25, -0.2) is 4.79 Å². The topological polar surface area (TPSA) is 54.3 Å². The predicted molar refractivity (Wildman–Crippen MR) is 77.7 cm³/mol. The second kappa shape index (κ2) is 5.90. The molecule has 1 unspecified atom stereocenters. The first-order valence-corrected chi connectivity index (χ1v) is 7.88. The van der Waals surface area contributed by atoms with E-state index in [0.717, 1.165) is 43.4 Å². The summed E-state index contributed by atoms with van der Waals surface area (Å²) < 4.78 is 5.58. The van der Waals surface area contributed by atoms with E-state index in [1.54, 1.807) is 0 Å². The van der Waals surface area contributed by atoms with Crippen LogP contribution in [0.3, 0.4) is 0 Å². The Hall–Kier alpha value is -1.45. The van der Waals surface area contributed by atoms with Gasteiger partial charge in [0.15, 0.2) is 0 Å². The summed E-state index contributed by atoms with van der Waals surface area (Å²) in [5.74, 6) is 1.05. The molecule has 0 aliphatic heterocycles. The SMILES string of the molecule is Cc1coc2c1C(NC(=O)NC1CCCCC1)CCC2. The van der Waals surface area contributed by atoms with Gasteiger partial charge in [-0.05, 0) is 38.2 Å². The molecule has 1 aromatic rings. The quantitative estimate of drug-likeness (QED) is 0.867. The molecule has 2 N–H and O–H groups in total. The molecule has 0 spiro atoms. The first-order chi connectivity index (χ1) is 9.74. The predicted octanol–water partition coefficient (Wildman–Crippen LogP) is 3.60. The van der Waals surface area contributed by atoms with Crippen LogP contribution in [0.5, 0.6) is 0 Å². The van der Waals surface area contributed by atoms with Gasteiger partial charge >= 0.3 is 6.03 Å². The van der Waals surface area contributed by atoms with Crippen LogP contribution in [0.2, 0.25) is 0 Å². The number of aryl methyl sites for hydroxylation is 2. The van der Waals surface area contributed by atoms with E-state index in [9.17, 15) is 4.79 Å². The molecule has 1 aromatic heterocycles. The summed E-state index contributed by atoms with van der Waals surface area (Å²) in [4.78, 5) is 12.2. The Morgan fingerprint density at radius 1 is 1.15 bits per heavy atom. The average molecular weight is 276 g/mol. The lowest BCUT2D eigenvalue weighted by Gasteiger charge is -2.27. The van der Waals surface area contributed by atoms with E-state index in [0.29, 0.717) is 6.04 Å². The van der Waals surface area contributed by atoms with Gasteiger partial charge in [-0.2, -0.15) is 0 Å². The van der Waals surface area contributed by atoms with E-state index < -0.39 is 0 Å². The molecule has 2 amide bonds. The normalized spacial score (nSPS) is 23.1. The number of carbonyl (C=O) groups excluding carboxylic acids is 1. The van der Waals surface area contributed by atoms with Crippen LogP contribution in [-0.4, -0.2) is 12.1 Å². The van der Waals surface area contributed by atoms with Crippen molar-refractivity contribution in [1.82, 2.24) is 10.6 Å². The van der Waals surface area contributed by atoms with Crippen molar-refractivity contribution in [3.8, 4) is 0 Å². The smallest absolute Gasteiger partial charge is 0.315 e. The summed E-state index contributed by atoms with van der Waals surface area (Å²) in [6.07, 6.45) is 10.9. The summed E-state index contributed by atoms with van der Waals surface area (Å²) >= 11 is 0. The Labute approximate surface area is 120 Å². The van der Waals surface area contributed by atoms with E-state index in [-0.39, 0.29) is 12.1 Å². The van der Waals surface area contributed by atoms with Crippen LogP contribution >= 0.6 is 0 Å². The van der Waals surface area contributed by atoms with Crippen molar-refractivity contribution in [3.63, 3.8) is 0 Å². The van der Waals surface area contributed by atoms with Gasteiger partial charge < -0.3 is 15.1 Å². The zero-order valence-corrected chi connectivity index (χ0v) is 12.2. The zero-order chi connectivity index (χ0) is 13.9. The number of rotatable bonds is 2. The van der Waals surface area contributed by atoms with Gasteiger partial charge in [0.05, 0.1) is 12.3 Å². The summed E-state index contributed by atoms with van der Waals surface area (Å²) in [6, 6.07) is 0.452. The number of furan rings is 1. The molecule has 1 atom stereocenters. The fourth-order valence-corrected chi connectivity index (χ4v) is 3.56. The fraction of sp³-hybridized carbons (Fsp3) is 0.688. The van der Waals surface area contributed by atoms with Crippen LogP contribution in [0.15, 0.2) is 10.7 Å². The van der Waals surface area contributed by atoms with Gasteiger partial charge in [-0.15, -0.1) is 0 Å². The lowest BCUT2D eigenvalue weighted by Crippen LogP contribution is -2.44. The molecule has 1 fully saturated rings. The third-order valence-corrected chi connectivity index (χ3v) is 4.59. The maximum Gasteiger partial charge on any atom is 0.315 e. The Bertz CT molecular complexity index is 475. The number of fused-ring (bicyclic) bond motifs is 1. The minimum Gasteiger partial charge on any atom is -0.469 e. The van der Waals surface area contributed by atoms with E-state index in [2.05, 4.69) is 17.6 Å². The summed E-state index contributed by atoms with van der Waals surface area (Å²) in [5.41, 5.74) is 2.36. The van der Waals surface area contributed by atoms with Gasteiger partial charge in [-0.1, -0.05) is 19.3 Å². The Morgan fingerprint density at radius 2 is 1.95 bits per heavy atom. The highest BCUT2D eigenvalue weighted by Crippen LogP contribution is 2.33. The summed E-state index contributed by atoms with van der Waals surface area (Å²) in [6.45, 7) is 2.06. The number of hydrogen-bond acceptors (Lipinski definition) is 2. The molecular formula is C16H24N2O2. The third kappa shape index (κ3) is 2.84. The van der Waals surface area contributed by atoms with Crippen LogP contribution in [0.25, 0.3) is 0 Å². The molecule has 0 bridgehead atoms. The monoisotopic (exact) mass is 276 g/mol. The molecule has 20 heavy (non-hydrogen) atoms. The largest absolute Gasteiger partial charge is 0.469 e. The van der Waals surface area contributed by atoms with Crippen molar-refractivity contribution in [2.24, 2.45) is 0 Å². The highest BCUT2D eigenvalue weighted by atomic mass is 16.3. The lowest BCUT2D eigenvalue weighted by molar-refractivity contribution is 0.227. The fourth-order valence-electron chi connectivity index (χ4n) is 3.56. The van der Waals surface area contributed by atoms with E-state index in [1.165, 1.54) is 24.8 Å². The van der Waals surface area contributed by atoms with Crippen LogP contribution in [0.4, 0.5) is 4.79 Å². The molecule has 4 heteroatoms. The van der Waals surface area contributed by atoms with E-state index >= 15 is 0 Å². The van der Waals surface area contributed by atoms with E-state index in [1.807, 2.05) is 6.26 Å². The Kier molecular flexibility index (Phi) is 3.99.